The van der Waals surface area contributed by atoms with Crippen molar-refractivity contribution >= 4 is 5.91 Å². The second-order valence-corrected chi connectivity index (χ2v) is 4.84. The molecule has 0 saturated heterocycles. The van der Waals surface area contributed by atoms with E-state index in [-0.39, 0.29) is 5.69 Å². The summed E-state index contributed by atoms with van der Waals surface area (Å²) in [5.41, 5.74) is -0.194. The van der Waals surface area contributed by atoms with Gasteiger partial charge in [-0.15, -0.1) is 0 Å². The molecule has 0 aliphatic rings. The Hall–Kier alpha value is -2.32. The molecule has 1 N–H and O–H groups in total. The zero-order valence-electron chi connectivity index (χ0n) is 12.2. The van der Waals surface area contributed by atoms with Crippen molar-refractivity contribution in [2.24, 2.45) is 7.05 Å². The Labute approximate surface area is 124 Å². The van der Waals surface area contributed by atoms with Gasteiger partial charge in [0.25, 0.3) is 5.91 Å². The summed E-state index contributed by atoms with van der Waals surface area (Å²) in [6.45, 7) is 2.86. The number of amides is 1. The summed E-state index contributed by atoms with van der Waals surface area (Å²) < 4.78 is 40.3. The van der Waals surface area contributed by atoms with Gasteiger partial charge in [-0.1, -0.05) is 0 Å². The predicted octanol–water partition coefficient (Wildman–Crippen LogP) is 1.76. The number of carbonyl (C=O) groups excluding carboxylic acids is 1. The number of halogens is 3. The average Bonchev–Trinajstić information content (AvgIpc) is 3.00. The lowest BCUT2D eigenvalue weighted by atomic mass is 10.3. The van der Waals surface area contributed by atoms with Crippen LogP contribution in [0.1, 0.15) is 28.3 Å². The first-order chi connectivity index (χ1) is 10.3. The molecule has 120 valence electrons. The Balaban J connectivity index is 1.86. The van der Waals surface area contributed by atoms with Crippen molar-refractivity contribution in [3.05, 3.63) is 35.4 Å². The van der Waals surface area contributed by atoms with Crippen LogP contribution in [0.15, 0.2) is 18.3 Å². The summed E-state index contributed by atoms with van der Waals surface area (Å²) in [4.78, 5) is 11.8. The lowest BCUT2D eigenvalue weighted by Gasteiger charge is -2.05. The van der Waals surface area contributed by atoms with Crippen molar-refractivity contribution in [3.63, 3.8) is 0 Å². The Morgan fingerprint density at radius 1 is 1.41 bits per heavy atom. The third kappa shape index (κ3) is 3.66. The van der Waals surface area contributed by atoms with E-state index in [0.717, 1.165) is 18.8 Å². The number of alkyl halides is 3. The normalized spacial score (nSPS) is 11.7. The van der Waals surface area contributed by atoms with Crippen molar-refractivity contribution in [2.45, 2.75) is 26.1 Å². The van der Waals surface area contributed by atoms with E-state index < -0.39 is 17.8 Å². The first-order valence-corrected chi connectivity index (χ1v) is 6.67. The Morgan fingerprint density at radius 2 is 2.14 bits per heavy atom. The highest BCUT2D eigenvalue weighted by atomic mass is 19.4. The Morgan fingerprint density at radius 3 is 2.68 bits per heavy atom. The zero-order valence-corrected chi connectivity index (χ0v) is 12.2. The van der Waals surface area contributed by atoms with E-state index in [1.807, 2.05) is 13.0 Å². The van der Waals surface area contributed by atoms with E-state index in [4.69, 9.17) is 0 Å². The lowest BCUT2D eigenvalue weighted by molar-refractivity contribution is -0.143. The van der Waals surface area contributed by atoms with Crippen molar-refractivity contribution in [3.8, 4) is 0 Å². The fourth-order valence-electron chi connectivity index (χ4n) is 2.00. The van der Waals surface area contributed by atoms with Gasteiger partial charge in [-0.05, 0) is 19.4 Å². The third-order valence-electron chi connectivity index (χ3n) is 3.16. The molecule has 0 fully saturated rings. The minimum atomic E-state index is -4.53. The lowest BCUT2D eigenvalue weighted by Crippen LogP contribution is -2.26. The molecule has 0 radical (unpaired) electrons. The summed E-state index contributed by atoms with van der Waals surface area (Å²) in [6, 6.07) is 2.61. The van der Waals surface area contributed by atoms with Gasteiger partial charge in [0.2, 0.25) is 0 Å². The van der Waals surface area contributed by atoms with Crippen molar-refractivity contribution < 1.29 is 18.0 Å². The topological polar surface area (TPSA) is 64.7 Å². The molecule has 0 bridgehead atoms. The Kier molecular flexibility index (Phi) is 4.53. The molecule has 2 aromatic rings. The fraction of sp³-hybridized carbons (Fsp3) is 0.462. The first-order valence-electron chi connectivity index (χ1n) is 6.67. The molecule has 0 saturated carbocycles. The van der Waals surface area contributed by atoms with Crippen LogP contribution in [0.5, 0.6) is 0 Å². The van der Waals surface area contributed by atoms with Gasteiger partial charge >= 0.3 is 6.18 Å². The van der Waals surface area contributed by atoms with Crippen molar-refractivity contribution in [2.75, 3.05) is 6.54 Å². The van der Waals surface area contributed by atoms with Gasteiger partial charge in [-0.3, -0.25) is 14.2 Å². The molecular formula is C13H16F3N5O. The molecule has 0 aliphatic carbocycles. The quantitative estimate of drug-likeness (QED) is 0.855. The van der Waals surface area contributed by atoms with Crippen LogP contribution in [-0.2, 0) is 19.8 Å². The van der Waals surface area contributed by atoms with Crippen molar-refractivity contribution in [1.82, 2.24) is 24.9 Å². The van der Waals surface area contributed by atoms with Crippen LogP contribution in [0, 0.1) is 6.92 Å². The second-order valence-electron chi connectivity index (χ2n) is 4.84. The summed E-state index contributed by atoms with van der Waals surface area (Å²) >= 11 is 0. The highest BCUT2D eigenvalue weighted by molar-refractivity contribution is 5.92. The summed E-state index contributed by atoms with van der Waals surface area (Å²) in [5.74, 6) is -0.622. The van der Waals surface area contributed by atoms with E-state index in [2.05, 4.69) is 15.5 Å². The number of rotatable bonds is 5. The maximum absolute atomic E-state index is 12.6. The molecule has 9 heteroatoms. The minimum absolute atomic E-state index is 0.245. The minimum Gasteiger partial charge on any atom is -0.351 e. The van der Waals surface area contributed by atoms with Gasteiger partial charge in [0.1, 0.15) is 5.69 Å². The molecule has 6 nitrogen and oxygen atoms in total. The molecule has 0 aromatic carbocycles. The van der Waals surface area contributed by atoms with Crippen LogP contribution in [0.4, 0.5) is 13.2 Å². The van der Waals surface area contributed by atoms with Crippen LogP contribution >= 0.6 is 0 Å². The number of aromatic nitrogens is 4. The largest absolute Gasteiger partial charge is 0.433 e. The van der Waals surface area contributed by atoms with Gasteiger partial charge in [0, 0.05) is 38.1 Å². The number of nitrogens with one attached hydrogen (secondary N) is 1. The standard InChI is InChI=1S/C13H16F3N5O/c1-9-4-6-18-21(9)7-3-5-17-12(22)10-8-11(13(14,15)16)20(2)19-10/h4,6,8H,3,5,7H2,1-2H3,(H,17,22). The third-order valence-corrected chi connectivity index (χ3v) is 3.16. The fourth-order valence-corrected chi connectivity index (χ4v) is 2.00. The number of nitrogens with zero attached hydrogens (tertiary/aromatic N) is 4. The van der Waals surface area contributed by atoms with E-state index >= 15 is 0 Å². The van der Waals surface area contributed by atoms with Crippen molar-refractivity contribution in [1.29, 1.82) is 0 Å². The summed E-state index contributed by atoms with van der Waals surface area (Å²) in [7, 11) is 1.15. The van der Waals surface area contributed by atoms with Gasteiger partial charge in [-0.25, -0.2) is 0 Å². The molecular weight excluding hydrogens is 299 g/mol. The number of hydrogen-bond donors (Lipinski definition) is 1. The molecule has 1 amide bonds. The predicted molar refractivity (Wildman–Crippen MR) is 72.1 cm³/mol. The van der Waals surface area contributed by atoms with Crippen LogP contribution in [0.25, 0.3) is 0 Å². The highest BCUT2D eigenvalue weighted by Crippen LogP contribution is 2.29. The summed E-state index contributed by atoms with van der Waals surface area (Å²) in [6.07, 6.45) is -2.23. The molecule has 0 unspecified atom stereocenters. The molecule has 2 rings (SSSR count). The molecule has 0 aliphatic heterocycles. The van der Waals surface area contributed by atoms with Gasteiger partial charge in [0.15, 0.2) is 5.69 Å². The average molecular weight is 315 g/mol. The number of carbonyl (C=O) groups is 1. The van der Waals surface area contributed by atoms with Crippen LogP contribution in [-0.4, -0.2) is 32.0 Å². The second kappa shape index (κ2) is 6.20. The molecule has 2 heterocycles. The van der Waals surface area contributed by atoms with Crippen LogP contribution in [0.3, 0.4) is 0 Å². The smallest absolute Gasteiger partial charge is 0.351 e. The SMILES string of the molecule is Cc1ccnn1CCCNC(=O)c1cc(C(F)(F)F)n(C)n1. The molecule has 2 aromatic heterocycles. The maximum atomic E-state index is 12.6. The van der Waals surface area contributed by atoms with E-state index in [1.54, 1.807) is 10.9 Å². The van der Waals surface area contributed by atoms with Gasteiger partial charge in [-0.2, -0.15) is 23.4 Å². The highest BCUT2D eigenvalue weighted by Gasteiger charge is 2.35. The zero-order chi connectivity index (χ0) is 16.3. The van der Waals surface area contributed by atoms with E-state index in [0.29, 0.717) is 24.2 Å². The van der Waals surface area contributed by atoms with Gasteiger partial charge in [0.05, 0.1) is 0 Å². The van der Waals surface area contributed by atoms with Crippen LogP contribution in [0.2, 0.25) is 0 Å². The van der Waals surface area contributed by atoms with Gasteiger partial charge < -0.3 is 5.32 Å². The first kappa shape index (κ1) is 16.1. The molecule has 22 heavy (non-hydrogen) atoms. The Bertz CT molecular complexity index is 659. The molecule has 0 atom stereocenters. The monoisotopic (exact) mass is 315 g/mol. The van der Waals surface area contributed by atoms with E-state index in [1.165, 1.54) is 0 Å². The number of aryl methyl sites for hydroxylation is 3. The van der Waals surface area contributed by atoms with E-state index in [9.17, 15) is 18.0 Å². The van der Waals surface area contributed by atoms with Crippen LogP contribution < -0.4 is 5.32 Å². The summed E-state index contributed by atoms with van der Waals surface area (Å²) in [5, 5.41) is 10.2. The number of hydrogen-bond acceptors (Lipinski definition) is 3. The maximum Gasteiger partial charge on any atom is 0.433 e. The molecule has 0 spiro atoms.